The van der Waals surface area contributed by atoms with Gasteiger partial charge in [0.05, 0.1) is 12.2 Å². The normalized spacial score (nSPS) is 17.2. The third-order valence-electron chi connectivity index (χ3n) is 5.88. The number of halogens is 3. The molecule has 9 nitrogen and oxygen atoms in total. The maximum Gasteiger partial charge on any atom is 0.471 e. The number of alkyl halides is 3. The molecule has 3 amide bonds. The third kappa shape index (κ3) is 8.59. The number of pyridine rings is 1. The maximum absolute atomic E-state index is 12.8. The Balaban J connectivity index is 1.65. The van der Waals surface area contributed by atoms with Gasteiger partial charge in [0, 0.05) is 19.1 Å². The first-order valence-electron chi connectivity index (χ1n) is 12.5. The molecule has 0 radical (unpaired) electrons. The summed E-state index contributed by atoms with van der Waals surface area (Å²) < 4.78 is 49.8. The number of nitrogens with one attached hydrogen (secondary N) is 2. The van der Waals surface area contributed by atoms with E-state index in [1.54, 1.807) is 45.0 Å². The van der Waals surface area contributed by atoms with Gasteiger partial charge in [-0.2, -0.15) is 13.2 Å². The predicted molar refractivity (Wildman–Crippen MR) is 136 cm³/mol. The maximum atomic E-state index is 12.8. The zero-order chi connectivity index (χ0) is 29.0. The van der Waals surface area contributed by atoms with Gasteiger partial charge in [-0.05, 0) is 58.7 Å². The summed E-state index contributed by atoms with van der Waals surface area (Å²) in [6.45, 7) is 9.37. The van der Waals surface area contributed by atoms with Crippen molar-refractivity contribution in [2.24, 2.45) is 0 Å². The Hall–Kier alpha value is -3.83. The number of aromatic nitrogens is 1. The number of ether oxygens (including phenoxy) is 2. The Kier molecular flexibility index (Phi) is 9.08. The molecular formula is C27H33F3N4O5. The van der Waals surface area contributed by atoms with Crippen molar-refractivity contribution in [1.82, 2.24) is 20.5 Å². The van der Waals surface area contributed by atoms with Gasteiger partial charge in [-0.25, -0.2) is 9.78 Å². The fourth-order valence-electron chi connectivity index (χ4n) is 3.94. The Morgan fingerprint density at radius 1 is 1.08 bits per heavy atom. The van der Waals surface area contributed by atoms with E-state index in [0.717, 1.165) is 5.56 Å². The van der Waals surface area contributed by atoms with Crippen LogP contribution in [-0.4, -0.2) is 64.7 Å². The lowest BCUT2D eigenvalue weighted by Crippen LogP contribution is -2.45. The molecule has 12 heteroatoms. The van der Waals surface area contributed by atoms with Crippen molar-refractivity contribution in [2.45, 2.75) is 71.0 Å². The predicted octanol–water partition coefficient (Wildman–Crippen LogP) is 4.32. The quantitative estimate of drug-likeness (QED) is 0.532. The van der Waals surface area contributed by atoms with E-state index in [0.29, 0.717) is 25.1 Å². The van der Waals surface area contributed by atoms with Crippen molar-refractivity contribution in [3.05, 3.63) is 59.4 Å². The largest absolute Gasteiger partial charge is 0.482 e. The van der Waals surface area contributed by atoms with Crippen LogP contribution in [-0.2, 0) is 9.53 Å². The van der Waals surface area contributed by atoms with Gasteiger partial charge in [0.1, 0.15) is 23.1 Å². The van der Waals surface area contributed by atoms with Crippen LogP contribution < -0.4 is 15.4 Å². The standard InChI is InChI=1S/C27H33F3N4O5/c1-16-6-8-18(9-7-16)22(17(2)32-24(36)27(28,29)30)38-20-10-11-21(31-14-20)23(35)33-19-12-13-34(15-19)25(37)39-26(3,4)5/h6-11,14,17,19,22H,12-13,15H2,1-5H3,(H,32,36)(H,33,35)/t17-,19+,22-/m0/s1. The van der Waals surface area contributed by atoms with Gasteiger partial charge < -0.3 is 25.0 Å². The van der Waals surface area contributed by atoms with Crippen molar-refractivity contribution in [3.8, 4) is 5.75 Å². The smallest absolute Gasteiger partial charge is 0.471 e. The Morgan fingerprint density at radius 2 is 1.74 bits per heavy atom. The molecule has 3 atom stereocenters. The van der Waals surface area contributed by atoms with E-state index in [9.17, 15) is 27.6 Å². The van der Waals surface area contributed by atoms with Crippen LogP contribution in [0.5, 0.6) is 5.75 Å². The summed E-state index contributed by atoms with van der Waals surface area (Å²) in [5, 5.41) is 4.78. The number of hydrogen-bond donors (Lipinski definition) is 2. The molecule has 0 spiro atoms. The van der Waals surface area contributed by atoms with Crippen LogP contribution in [0.2, 0.25) is 0 Å². The molecule has 2 N–H and O–H groups in total. The highest BCUT2D eigenvalue weighted by Crippen LogP contribution is 2.26. The zero-order valence-electron chi connectivity index (χ0n) is 22.5. The molecule has 0 bridgehead atoms. The molecule has 1 aliphatic rings. The lowest BCUT2D eigenvalue weighted by atomic mass is 10.0. The van der Waals surface area contributed by atoms with Crippen molar-refractivity contribution in [1.29, 1.82) is 0 Å². The van der Waals surface area contributed by atoms with E-state index in [4.69, 9.17) is 9.47 Å². The first-order valence-corrected chi connectivity index (χ1v) is 12.5. The molecule has 1 aliphatic heterocycles. The Labute approximate surface area is 225 Å². The van der Waals surface area contributed by atoms with E-state index >= 15 is 0 Å². The number of likely N-dealkylation sites (tertiary alicyclic amines) is 1. The molecule has 2 aromatic rings. The average molecular weight is 551 g/mol. The van der Waals surface area contributed by atoms with Crippen molar-refractivity contribution in [2.75, 3.05) is 13.1 Å². The molecule has 0 saturated carbocycles. The molecule has 1 aromatic carbocycles. The van der Waals surface area contributed by atoms with Crippen LogP contribution in [0.15, 0.2) is 42.6 Å². The van der Waals surface area contributed by atoms with Crippen LogP contribution in [0.3, 0.4) is 0 Å². The summed E-state index contributed by atoms with van der Waals surface area (Å²) in [6.07, 6.45) is -4.59. The molecule has 0 aliphatic carbocycles. The van der Waals surface area contributed by atoms with E-state index in [1.165, 1.54) is 30.2 Å². The first-order chi connectivity index (χ1) is 18.1. The fourth-order valence-corrected chi connectivity index (χ4v) is 3.94. The van der Waals surface area contributed by atoms with Crippen LogP contribution in [0.25, 0.3) is 0 Å². The van der Waals surface area contributed by atoms with Gasteiger partial charge in [-0.15, -0.1) is 0 Å². The lowest BCUT2D eigenvalue weighted by molar-refractivity contribution is -0.174. The second-order valence-corrected chi connectivity index (χ2v) is 10.5. The molecule has 0 unspecified atom stereocenters. The fraction of sp³-hybridized carbons (Fsp3) is 0.481. The van der Waals surface area contributed by atoms with E-state index in [-0.39, 0.29) is 17.5 Å². The number of nitrogens with zero attached hydrogens (tertiary/aromatic N) is 2. The number of benzene rings is 1. The zero-order valence-corrected chi connectivity index (χ0v) is 22.5. The van der Waals surface area contributed by atoms with Gasteiger partial charge >= 0.3 is 18.2 Å². The second kappa shape index (κ2) is 11.9. The minimum absolute atomic E-state index is 0.100. The molecular weight excluding hydrogens is 517 g/mol. The molecule has 1 fully saturated rings. The number of carbonyl (C=O) groups is 3. The number of amides is 3. The number of carbonyl (C=O) groups excluding carboxylic acids is 3. The summed E-state index contributed by atoms with van der Waals surface area (Å²) in [6, 6.07) is 8.55. The van der Waals surface area contributed by atoms with Crippen LogP contribution in [0, 0.1) is 6.92 Å². The monoisotopic (exact) mass is 550 g/mol. The summed E-state index contributed by atoms with van der Waals surface area (Å²) in [5.74, 6) is -2.32. The summed E-state index contributed by atoms with van der Waals surface area (Å²) in [5.41, 5.74) is 0.973. The topological polar surface area (TPSA) is 110 Å². The van der Waals surface area contributed by atoms with Crippen LogP contribution in [0.1, 0.15) is 61.8 Å². The van der Waals surface area contributed by atoms with E-state index in [2.05, 4.69) is 10.3 Å². The Morgan fingerprint density at radius 3 is 2.31 bits per heavy atom. The highest BCUT2D eigenvalue weighted by Gasteiger charge is 2.40. The third-order valence-corrected chi connectivity index (χ3v) is 5.88. The first kappa shape index (κ1) is 29.7. The van der Waals surface area contributed by atoms with Gasteiger partial charge in [0.2, 0.25) is 0 Å². The average Bonchev–Trinajstić information content (AvgIpc) is 3.30. The minimum Gasteiger partial charge on any atom is -0.482 e. The van der Waals surface area contributed by atoms with Gasteiger partial charge in [-0.3, -0.25) is 9.59 Å². The minimum atomic E-state index is -5.04. The highest BCUT2D eigenvalue weighted by molar-refractivity contribution is 5.92. The molecule has 3 rings (SSSR count). The molecule has 1 aromatic heterocycles. The SMILES string of the molecule is Cc1ccc([C@@H](Oc2ccc(C(=O)N[C@@H]3CCN(C(=O)OC(C)(C)C)C3)nc2)[C@H](C)NC(=O)C(F)(F)F)cc1. The highest BCUT2D eigenvalue weighted by atomic mass is 19.4. The molecule has 39 heavy (non-hydrogen) atoms. The molecule has 1 saturated heterocycles. The summed E-state index contributed by atoms with van der Waals surface area (Å²) in [4.78, 5) is 42.1. The van der Waals surface area contributed by atoms with Gasteiger partial charge in [0.15, 0.2) is 0 Å². The van der Waals surface area contributed by atoms with Crippen molar-refractivity contribution >= 4 is 17.9 Å². The lowest BCUT2D eigenvalue weighted by Gasteiger charge is -2.27. The second-order valence-electron chi connectivity index (χ2n) is 10.5. The van der Waals surface area contributed by atoms with Gasteiger partial charge in [0.25, 0.3) is 5.91 Å². The number of rotatable bonds is 7. The number of aryl methyl sites for hydroxylation is 1. The van der Waals surface area contributed by atoms with Crippen molar-refractivity contribution < 1.29 is 37.0 Å². The van der Waals surface area contributed by atoms with E-state index < -0.39 is 41.8 Å². The van der Waals surface area contributed by atoms with Crippen molar-refractivity contribution in [3.63, 3.8) is 0 Å². The molecule has 212 valence electrons. The van der Waals surface area contributed by atoms with Gasteiger partial charge in [-0.1, -0.05) is 29.8 Å². The number of hydrogen-bond acceptors (Lipinski definition) is 6. The van der Waals surface area contributed by atoms with Crippen LogP contribution >= 0.6 is 0 Å². The van der Waals surface area contributed by atoms with Crippen LogP contribution in [0.4, 0.5) is 18.0 Å². The molecule has 2 heterocycles. The Bertz CT molecular complexity index is 1160. The summed E-state index contributed by atoms with van der Waals surface area (Å²) in [7, 11) is 0. The van der Waals surface area contributed by atoms with E-state index in [1.807, 2.05) is 12.2 Å². The summed E-state index contributed by atoms with van der Waals surface area (Å²) >= 11 is 0.